The summed E-state index contributed by atoms with van der Waals surface area (Å²) in [6.45, 7) is 3.07. The molecular formula is C24H28N2O6. The van der Waals surface area contributed by atoms with Crippen molar-refractivity contribution in [3.8, 4) is 11.1 Å². The van der Waals surface area contributed by atoms with E-state index in [1.807, 2.05) is 36.4 Å². The van der Waals surface area contributed by atoms with Gasteiger partial charge < -0.3 is 25.2 Å². The van der Waals surface area contributed by atoms with Crippen molar-refractivity contribution in [2.45, 2.75) is 37.8 Å². The predicted molar refractivity (Wildman–Crippen MR) is 118 cm³/mol. The summed E-state index contributed by atoms with van der Waals surface area (Å²) in [7, 11) is 1.31. The van der Waals surface area contributed by atoms with Crippen molar-refractivity contribution in [3.05, 3.63) is 59.7 Å². The summed E-state index contributed by atoms with van der Waals surface area (Å²) in [5.74, 6) is -1.85. The first-order chi connectivity index (χ1) is 15.3. The fourth-order valence-electron chi connectivity index (χ4n) is 3.75. The molecule has 1 aliphatic rings. The van der Waals surface area contributed by atoms with Crippen LogP contribution in [0.5, 0.6) is 0 Å². The van der Waals surface area contributed by atoms with Gasteiger partial charge in [-0.15, -0.1) is 0 Å². The zero-order valence-corrected chi connectivity index (χ0v) is 18.4. The van der Waals surface area contributed by atoms with Crippen molar-refractivity contribution in [2.24, 2.45) is 0 Å². The van der Waals surface area contributed by atoms with Crippen molar-refractivity contribution in [2.75, 3.05) is 20.3 Å². The summed E-state index contributed by atoms with van der Waals surface area (Å²) in [5.41, 5.74) is 3.04. The predicted octanol–water partition coefficient (Wildman–Crippen LogP) is 2.91. The zero-order valence-electron chi connectivity index (χ0n) is 18.4. The van der Waals surface area contributed by atoms with Crippen molar-refractivity contribution >= 4 is 18.0 Å². The second-order valence-corrected chi connectivity index (χ2v) is 7.91. The molecular weight excluding hydrogens is 412 g/mol. The molecule has 0 heterocycles. The number of carbonyl (C=O) groups is 3. The standard InChI is InChI=1S/C24H28N2O6/c1-4-24(2,22(28)29)26-21(27)20(31-3)13-25-23(30)32-14-19-17-11-7-5-9-15(17)16-10-6-8-12-18(16)19/h5-12,19-20H,4,13-14H2,1-3H3,(H,25,30)(H,26,27)(H,28,29). The Kier molecular flexibility index (Phi) is 7.15. The second-order valence-electron chi connectivity index (χ2n) is 7.91. The van der Waals surface area contributed by atoms with Gasteiger partial charge in [-0.1, -0.05) is 55.5 Å². The van der Waals surface area contributed by atoms with Gasteiger partial charge in [-0.05, 0) is 35.6 Å². The number of alkyl carbamates (subject to hydrolysis) is 1. The molecule has 0 saturated heterocycles. The van der Waals surface area contributed by atoms with Crippen LogP contribution in [-0.2, 0) is 19.1 Å². The monoisotopic (exact) mass is 440 g/mol. The number of hydrogen-bond donors (Lipinski definition) is 3. The molecule has 0 radical (unpaired) electrons. The number of hydrogen-bond acceptors (Lipinski definition) is 5. The number of ether oxygens (including phenoxy) is 2. The molecule has 2 unspecified atom stereocenters. The number of benzene rings is 2. The minimum absolute atomic E-state index is 0.0736. The number of nitrogens with one attached hydrogen (secondary N) is 2. The summed E-state index contributed by atoms with van der Waals surface area (Å²) in [5, 5.41) is 14.3. The topological polar surface area (TPSA) is 114 Å². The largest absolute Gasteiger partial charge is 0.480 e. The lowest BCUT2D eigenvalue weighted by atomic mass is 9.98. The molecule has 0 saturated carbocycles. The maximum atomic E-state index is 12.4. The van der Waals surface area contributed by atoms with E-state index in [-0.39, 0.29) is 25.5 Å². The third-order valence-corrected chi connectivity index (χ3v) is 5.93. The molecule has 2 aromatic rings. The molecule has 1 aliphatic carbocycles. The molecule has 2 atom stereocenters. The molecule has 3 rings (SSSR count). The molecule has 2 aromatic carbocycles. The number of aliphatic carboxylic acids is 1. The van der Waals surface area contributed by atoms with Crippen LogP contribution in [0.15, 0.2) is 48.5 Å². The lowest BCUT2D eigenvalue weighted by Crippen LogP contribution is -2.56. The normalized spacial score (nSPS) is 15.1. The molecule has 0 bridgehead atoms. The highest BCUT2D eigenvalue weighted by molar-refractivity contribution is 5.89. The van der Waals surface area contributed by atoms with Crippen LogP contribution in [0.3, 0.4) is 0 Å². The van der Waals surface area contributed by atoms with Gasteiger partial charge in [0.05, 0.1) is 6.54 Å². The average molecular weight is 440 g/mol. The van der Waals surface area contributed by atoms with E-state index in [1.165, 1.54) is 14.0 Å². The Morgan fingerprint density at radius 1 is 1.06 bits per heavy atom. The minimum Gasteiger partial charge on any atom is -0.480 e. The zero-order chi connectivity index (χ0) is 23.3. The number of fused-ring (bicyclic) bond motifs is 3. The summed E-state index contributed by atoms with van der Waals surface area (Å²) in [6, 6.07) is 16.0. The number of carboxylic acids is 1. The first-order valence-electron chi connectivity index (χ1n) is 10.5. The minimum atomic E-state index is -1.42. The Morgan fingerprint density at radius 2 is 1.62 bits per heavy atom. The van der Waals surface area contributed by atoms with Crippen LogP contribution in [0, 0.1) is 0 Å². The molecule has 3 N–H and O–H groups in total. The van der Waals surface area contributed by atoms with E-state index in [2.05, 4.69) is 22.8 Å². The van der Waals surface area contributed by atoms with Gasteiger partial charge in [-0.25, -0.2) is 9.59 Å². The van der Waals surface area contributed by atoms with E-state index in [0.717, 1.165) is 22.3 Å². The number of carboxylic acid groups (broad SMARTS) is 1. The Bertz CT molecular complexity index is 962. The van der Waals surface area contributed by atoms with Crippen LogP contribution in [-0.4, -0.2) is 55.0 Å². The molecule has 2 amide bonds. The number of rotatable bonds is 9. The summed E-state index contributed by atoms with van der Waals surface area (Å²) in [4.78, 5) is 36.1. The van der Waals surface area contributed by atoms with Crippen molar-refractivity contribution in [1.82, 2.24) is 10.6 Å². The first-order valence-corrected chi connectivity index (χ1v) is 10.5. The maximum Gasteiger partial charge on any atom is 0.407 e. The van der Waals surface area contributed by atoms with Crippen LogP contribution in [0.1, 0.15) is 37.3 Å². The van der Waals surface area contributed by atoms with Crippen LogP contribution < -0.4 is 10.6 Å². The Morgan fingerprint density at radius 3 is 2.12 bits per heavy atom. The SMILES string of the molecule is CCC(C)(NC(=O)C(CNC(=O)OCC1c2ccccc2-c2ccccc21)OC)C(=O)O. The molecule has 0 aliphatic heterocycles. The number of amides is 2. The molecule has 0 spiro atoms. The van der Waals surface area contributed by atoms with Crippen LogP contribution in [0.2, 0.25) is 0 Å². The van der Waals surface area contributed by atoms with E-state index in [9.17, 15) is 19.5 Å². The lowest BCUT2D eigenvalue weighted by Gasteiger charge is -2.27. The van der Waals surface area contributed by atoms with E-state index in [0.29, 0.717) is 0 Å². The van der Waals surface area contributed by atoms with E-state index >= 15 is 0 Å². The number of methoxy groups -OCH3 is 1. The van der Waals surface area contributed by atoms with Gasteiger partial charge in [0.25, 0.3) is 5.91 Å². The number of carbonyl (C=O) groups excluding carboxylic acids is 2. The van der Waals surface area contributed by atoms with E-state index in [4.69, 9.17) is 9.47 Å². The van der Waals surface area contributed by atoms with Crippen molar-refractivity contribution in [3.63, 3.8) is 0 Å². The summed E-state index contributed by atoms with van der Waals surface area (Å²) in [6.07, 6.45) is -1.54. The van der Waals surface area contributed by atoms with Crippen molar-refractivity contribution in [1.29, 1.82) is 0 Å². The first kappa shape index (κ1) is 23.3. The third-order valence-electron chi connectivity index (χ3n) is 5.93. The molecule has 32 heavy (non-hydrogen) atoms. The molecule has 0 aromatic heterocycles. The van der Waals surface area contributed by atoms with Gasteiger partial charge in [0.15, 0.2) is 6.10 Å². The Labute approximate surface area is 186 Å². The van der Waals surface area contributed by atoms with Gasteiger partial charge in [-0.2, -0.15) is 0 Å². The summed E-state index contributed by atoms with van der Waals surface area (Å²) >= 11 is 0. The van der Waals surface area contributed by atoms with Crippen LogP contribution >= 0.6 is 0 Å². The van der Waals surface area contributed by atoms with Gasteiger partial charge in [0.2, 0.25) is 0 Å². The quantitative estimate of drug-likeness (QED) is 0.553. The smallest absolute Gasteiger partial charge is 0.407 e. The fourth-order valence-corrected chi connectivity index (χ4v) is 3.75. The van der Waals surface area contributed by atoms with Crippen LogP contribution in [0.4, 0.5) is 4.79 Å². The Balaban J connectivity index is 1.57. The van der Waals surface area contributed by atoms with Crippen LogP contribution in [0.25, 0.3) is 11.1 Å². The molecule has 8 heteroatoms. The second kappa shape index (κ2) is 9.82. The molecule has 0 fully saturated rings. The fraction of sp³-hybridized carbons (Fsp3) is 0.375. The van der Waals surface area contributed by atoms with Gasteiger partial charge in [-0.3, -0.25) is 4.79 Å². The average Bonchev–Trinajstić information content (AvgIpc) is 3.11. The highest BCUT2D eigenvalue weighted by Gasteiger charge is 2.35. The van der Waals surface area contributed by atoms with E-state index < -0.39 is 29.6 Å². The highest BCUT2D eigenvalue weighted by atomic mass is 16.5. The maximum absolute atomic E-state index is 12.4. The van der Waals surface area contributed by atoms with Gasteiger partial charge in [0, 0.05) is 13.0 Å². The molecule has 170 valence electrons. The highest BCUT2D eigenvalue weighted by Crippen LogP contribution is 2.44. The molecule has 8 nitrogen and oxygen atoms in total. The summed E-state index contributed by atoms with van der Waals surface area (Å²) < 4.78 is 10.6. The van der Waals surface area contributed by atoms with E-state index in [1.54, 1.807) is 6.92 Å². The van der Waals surface area contributed by atoms with Crippen molar-refractivity contribution < 1.29 is 29.0 Å². The Hall–Kier alpha value is -3.39. The lowest BCUT2D eigenvalue weighted by molar-refractivity contribution is -0.149. The van der Waals surface area contributed by atoms with Gasteiger partial charge >= 0.3 is 12.1 Å². The third kappa shape index (κ3) is 4.75. The van der Waals surface area contributed by atoms with Gasteiger partial charge in [0.1, 0.15) is 12.1 Å².